The van der Waals surface area contributed by atoms with E-state index in [-0.39, 0.29) is 30.7 Å². The summed E-state index contributed by atoms with van der Waals surface area (Å²) >= 11 is 5.89. The maximum Gasteiger partial charge on any atom is 0.262 e. The number of carbonyl (C=O) groups excluding carboxylic acids is 3. The molecule has 1 atom stereocenters. The highest BCUT2D eigenvalue weighted by molar-refractivity contribution is 6.30. The molecular weight excluding hydrogens is 478 g/mol. The van der Waals surface area contributed by atoms with Crippen LogP contribution in [-0.4, -0.2) is 30.9 Å². The van der Waals surface area contributed by atoms with E-state index in [1.165, 1.54) is 0 Å². The second-order valence-corrected chi connectivity index (χ2v) is 9.34. The Morgan fingerprint density at radius 1 is 1.03 bits per heavy atom. The summed E-state index contributed by atoms with van der Waals surface area (Å²) in [6.45, 7) is 4.45. The topological polar surface area (TPSA) is 87.7 Å². The number of nitrogens with one attached hydrogen (secondary N) is 2. The van der Waals surface area contributed by atoms with Crippen molar-refractivity contribution in [3.8, 4) is 5.75 Å². The molecule has 0 aliphatic carbocycles. The second-order valence-electron chi connectivity index (χ2n) is 8.90. The van der Waals surface area contributed by atoms with Crippen LogP contribution in [0.5, 0.6) is 5.75 Å². The van der Waals surface area contributed by atoms with Crippen LogP contribution in [0.15, 0.2) is 66.7 Å². The number of carbonyl (C=O) groups is 3. The predicted octanol–water partition coefficient (Wildman–Crippen LogP) is 4.64. The Balaban J connectivity index is 1.27. The minimum atomic E-state index is -0.422. The quantitative estimate of drug-likeness (QED) is 0.466. The second kappa shape index (κ2) is 11.3. The van der Waals surface area contributed by atoms with Gasteiger partial charge in [-0.2, -0.15) is 0 Å². The van der Waals surface area contributed by atoms with Crippen molar-refractivity contribution in [3.63, 3.8) is 0 Å². The van der Waals surface area contributed by atoms with Crippen molar-refractivity contribution in [2.45, 2.75) is 26.8 Å². The van der Waals surface area contributed by atoms with Crippen LogP contribution in [0, 0.1) is 19.8 Å². The Morgan fingerprint density at radius 3 is 2.47 bits per heavy atom. The van der Waals surface area contributed by atoms with Gasteiger partial charge in [-0.1, -0.05) is 35.9 Å². The summed E-state index contributed by atoms with van der Waals surface area (Å²) in [6.07, 6.45) is 0.156. The predicted molar refractivity (Wildman–Crippen MR) is 140 cm³/mol. The highest BCUT2D eigenvalue weighted by Crippen LogP contribution is 2.27. The summed E-state index contributed by atoms with van der Waals surface area (Å²) < 4.78 is 5.61. The van der Waals surface area contributed by atoms with E-state index < -0.39 is 5.92 Å². The molecule has 3 amide bonds. The van der Waals surface area contributed by atoms with Crippen molar-refractivity contribution >= 4 is 40.7 Å². The molecule has 0 bridgehead atoms. The Kier molecular flexibility index (Phi) is 7.90. The molecule has 3 aromatic carbocycles. The Labute approximate surface area is 215 Å². The number of rotatable bonds is 8. The number of hydrogen-bond acceptors (Lipinski definition) is 4. The minimum Gasteiger partial charge on any atom is -0.484 e. The molecular formula is C28H28ClN3O4. The van der Waals surface area contributed by atoms with Crippen LogP contribution in [0.25, 0.3) is 0 Å². The molecule has 1 aliphatic heterocycles. The summed E-state index contributed by atoms with van der Waals surface area (Å²) in [5.74, 6) is -0.429. The van der Waals surface area contributed by atoms with Crippen LogP contribution in [0.2, 0.25) is 5.02 Å². The third-order valence-electron chi connectivity index (χ3n) is 6.06. The molecule has 0 saturated carbocycles. The highest BCUT2D eigenvalue weighted by atomic mass is 35.5. The number of nitrogens with zero attached hydrogens (tertiary/aromatic N) is 1. The molecule has 0 spiro atoms. The van der Waals surface area contributed by atoms with Gasteiger partial charge in [-0.3, -0.25) is 14.4 Å². The monoisotopic (exact) mass is 505 g/mol. The lowest BCUT2D eigenvalue weighted by Crippen LogP contribution is -2.32. The van der Waals surface area contributed by atoms with E-state index in [1.54, 1.807) is 41.3 Å². The van der Waals surface area contributed by atoms with Gasteiger partial charge in [-0.25, -0.2) is 0 Å². The summed E-state index contributed by atoms with van der Waals surface area (Å²) in [5.41, 5.74) is 4.42. The molecule has 1 fully saturated rings. The van der Waals surface area contributed by atoms with E-state index in [4.69, 9.17) is 16.3 Å². The van der Waals surface area contributed by atoms with Gasteiger partial charge < -0.3 is 20.3 Å². The van der Waals surface area contributed by atoms with Gasteiger partial charge in [0.05, 0.1) is 5.92 Å². The van der Waals surface area contributed by atoms with Crippen molar-refractivity contribution in [3.05, 3.63) is 88.4 Å². The SMILES string of the molecule is Cc1ccc(C)c(NC(=O)COc2ccc(N3C[C@@H](C(=O)NCc4ccc(Cl)cc4)CC3=O)cc2)c1. The molecule has 186 valence electrons. The van der Waals surface area contributed by atoms with E-state index in [1.807, 2.05) is 44.2 Å². The lowest BCUT2D eigenvalue weighted by Gasteiger charge is -2.17. The van der Waals surface area contributed by atoms with Gasteiger partial charge >= 0.3 is 0 Å². The van der Waals surface area contributed by atoms with Crippen LogP contribution in [0.4, 0.5) is 11.4 Å². The molecule has 36 heavy (non-hydrogen) atoms. The van der Waals surface area contributed by atoms with Gasteiger partial charge in [-0.15, -0.1) is 0 Å². The maximum absolute atomic E-state index is 12.6. The number of halogens is 1. The first-order chi connectivity index (χ1) is 17.3. The minimum absolute atomic E-state index is 0.108. The standard InChI is InChI=1S/C28H28ClN3O4/c1-18-3-4-19(2)25(13-18)31-26(33)17-36-24-11-9-23(10-12-24)32-16-21(14-27(32)34)28(35)30-15-20-5-7-22(29)8-6-20/h3-13,21H,14-17H2,1-2H3,(H,30,35)(H,31,33)/t21-/m0/s1. The lowest BCUT2D eigenvalue weighted by atomic mass is 10.1. The molecule has 3 aromatic rings. The van der Waals surface area contributed by atoms with Gasteiger partial charge in [0.2, 0.25) is 11.8 Å². The number of anilines is 2. The van der Waals surface area contributed by atoms with Gasteiger partial charge in [0.1, 0.15) is 5.75 Å². The van der Waals surface area contributed by atoms with Crippen molar-refractivity contribution < 1.29 is 19.1 Å². The fraction of sp³-hybridized carbons (Fsp3) is 0.250. The average molecular weight is 506 g/mol. The molecule has 8 heteroatoms. The number of benzene rings is 3. The van der Waals surface area contributed by atoms with E-state index in [9.17, 15) is 14.4 Å². The van der Waals surface area contributed by atoms with Gasteiger partial charge in [0.25, 0.3) is 5.91 Å². The van der Waals surface area contributed by atoms with Crippen molar-refractivity contribution in [1.82, 2.24) is 5.32 Å². The third-order valence-corrected chi connectivity index (χ3v) is 6.31. The van der Waals surface area contributed by atoms with Crippen molar-refractivity contribution in [1.29, 1.82) is 0 Å². The van der Waals surface area contributed by atoms with Crippen molar-refractivity contribution in [2.24, 2.45) is 5.92 Å². The maximum atomic E-state index is 12.6. The zero-order valence-electron chi connectivity index (χ0n) is 20.2. The third kappa shape index (κ3) is 6.43. The first kappa shape index (κ1) is 25.3. The molecule has 1 heterocycles. The normalized spacial score (nSPS) is 15.0. The first-order valence-electron chi connectivity index (χ1n) is 11.7. The summed E-state index contributed by atoms with van der Waals surface area (Å²) in [7, 11) is 0. The lowest BCUT2D eigenvalue weighted by molar-refractivity contribution is -0.126. The van der Waals surface area contributed by atoms with E-state index >= 15 is 0 Å². The van der Waals surface area contributed by atoms with Gasteiger partial charge in [0, 0.05) is 35.9 Å². The smallest absolute Gasteiger partial charge is 0.262 e. The Bertz CT molecular complexity index is 1260. The molecule has 1 saturated heterocycles. The Hall–Kier alpha value is -3.84. The number of aryl methyl sites for hydroxylation is 2. The molecule has 0 aromatic heterocycles. The number of ether oxygens (including phenoxy) is 1. The fourth-order valence-corrected chi connectivity index (χ4v) is 4.12. The Morgan fingerprint density at radius 2 is 1.75 bits per heavy atom. The largest absolute Gasteiger partial charge is 0.484 e. The van der Waals surface area contributed by atoms with Crippen LogP contribution < -0.4 is 20.3 Å². The molecule has 4 rings (SSSR count). The summed E-state index contributed by atoms with van der Waals surface area (Å²) in [5, 5.41) is 6.39. The molecule has 0 unspecified atom stereocenters. The van der Waals surface area contributed by atoms with E-state index in [2.05, 4.69) is 10.6 Å². The first-order valence-corrected chi connectivity index (χ1v) is 12.1. The molecule has 7 nitrogen and oxygen atoms in total. The average Bonchev–Trinajstić information content (AvgIpc) is 3.26. The fourth-order valence-electron chi connectivity index (χ4n) is 4.00. The molecule has 0 radical (unpaired) electrons. The molecule has 1 aliphatic rings. The zero-order chi connectivity index (χ0) is 25.7. The summed E-state index contributed by atoms with van der Waals surface area (Å²) in [6, 6.07) is 20.0. The van der Waals surface area contributed by atoms with E-state index in [0.717, 1.165) is 22.4 Å². The van der Waals surface area contributed by atoms with Gasteiger partial charge in [-0.05, 0) is 73.0 Å². The van der Waals surface area contributed by atoms with Crippen LogP contribution >= 0.6 is 11.6 Å². The van der Waals surface area contributed by atoms with Gasteiger partial charge in [0.15, 0.2) is 6.61 Å². The van der Waals surface area contributed by atoms with Crippen molar-refractivity contribution in [2.75, 3.05) is 23.4 Å². The van der Waals surface area contributed by atoms with Crippen LogP contribution in [0.1, 0.15) is 23.1 Å². The zero-order valence-corrected chi connectivity index (χ0v) is 21.0. The highest BCUT2D eigenvalue weighted by Gasteiger charge is 2.35. The van der Waals surface area contributed by atoms with E-state index in [0.29, 0.717) is 29.5 Å². The number of amides is 3. The molecule has 2 N–H and O–H groups in total. The number of hydrogen-bond donors (Lipinski definition) is 2. The summed E-state index contributed by atoms with van der Waals surface area (Å²) in [4.78, 5) is 39.1. The van der Waals surface area contributed by atoms with Crippen LogP contribution in [0.3, 0.4) is 0 Å². The van der Waals surface area contributed by atoms with Crippen LogP contribution in [-0.2, 0) is 20.9 Å².